The van der Waals surface area contributed by atoms with Crippen molar-refractivity contribution in [3.8, 4) is 0 Å². The number of hydrogen-bond acceptors (Lipinski definition) is 3. The van der Waals surface area contributed by atoms with Gasteiger partial charge >= 0.3 is 0 Å². The van der Waals surface area contributed by atoms with Crippen LogP contribution in [0.3, 0.4) is 0 Å². The van der Waals surface area contributed by atoms with Crippen LogP contribution < -0.4 is 5.32 Å². The third kappa shape index (κ3) is 4.96. The Hall–Kier alpha value is -0.120. The van der Waals surface area contributed by atoms with Gasteiger partial charge in [0.05, 0.1) is 6.10 Å². The molecule has 0 saturated carbocycles. The van der Waals surface area contributed by atoms with Crippen molar-refractivity contribution >= 4 is 0 Å². The maximum absolute atomic E-state index is 5.65. The molecule has 90 valence electrons. The second-order valence-corrected chi connectivity index (χ2v) is 4.59. The smallest absolute Gasteiger partial charge is 0.0587 e. The normalized spacial score (nSPS) is 29.0. The van der Waals surface area contributed by atoms with E-state index in [4.69, 9.17) is 9.47 Å². The van der Waals surface area contributed by atoms with E-state index in [9.17, 15) is 0 Å². The molecule has 0 aromatic carbocycles. The maximum atomic E-state index is 5.65. The highest BCUT2D eigenvalue weighted by molar-refractivity contribution is 4.76. The zero-order valence-corrected chi connectivity index (χ0v) is 10.3. The van der Waals surface area contributed by atoms with Gasteiger partial charge in [0, 0.05) is 32.9 Å². The number of methoxy groups -OCH3 is 1. The maximum Gasteiger partial charge on any atom is 0.0587 e. The summed E-state index contributed by atoms with van der Waals surface area (Å²) < 4.78 is 10.8. The van der Waals surface area contributed by atoms with Crippen molar-refractivity contribution in [2.45, 2.75) is 45.3 Å². The molecule has 1 aliphatic heterocycles. The fourth-order valence-corrected chi connectivity index (χ4v) is 2.06. The van der Waals surface area contributed by atoms with Gasteiger partial charge in [0.25, 0.3) is 0 Å². The second kappa shape index (κ2) is 7.20. The van der Waals surface area contributed by atoms with E-state index < -0.39 is 0 Å². The van der Waals surface area contributed by atoms with Crippen molar-refractivity contribution in [1.29, 1.82) is 0 Å². The third-order valence-electron chi connectivity index (χ3n) is 3.03. The van der Waals surface area contributed by atoms with E-state index in [1.807, 2.05) is 0 Å². The summed E-state index contributed by atoms with van der Waals surface area (Å²) in [5.41, 5.74) is 0. The first-order valence-electron chi connectivity index (χ1n) is 6.10. The molecule has 1 rings (SSSR count). The minimum atomic E-state index is 0.467. The van der Waals surface area contributed by atoms with Gasteiger partial charge < -0.3 is 14.8 Å². The molecule has 15 heavy (non-hydrogen) atoms. The predicted molar refractivity (Wildman–Crippen MR) is 62.1 cm³/mol. The molecule has 3 heteroatoms. The van der Waals surface area contributed by atoms with Crippen LogP contribution in [0.25, 0.3) is 0 Å². The molecule has 0 amide bonds. The summed E-state index contributed by atoms with van der Waals surface area (Å²) in [5, 5.41) is 3.61. The van der Waals surface area contributed by atoms with Gasteiger partial charge in [-0.15, -0.1) is 0 Å². The van der Waals surface area contributed by atoms with Crippen molar-refractivity contribution in [3.63, 3.8) is 0 Å². The lowest BCUT2D eigenvalue weighted by Gasteiger charge is -2.30. The van der Waals surface area contributed by atoms with Crippen LogP contribution in [0.4, 0.5) is 0 Å². The van der Waals surface area contributed by atoms with E-state index in [0.717, 1.165) is 39.0 Å². The van der Waals surface area contributed by atoms with Crippen molar-refractivity contribution < 1.29 is 9.47 Å². The standard InChI is InChI=1S/C12H25NO2/c1-4-12-7-11(5-6-15-12)13-8-10(2)9-14-3/h10-13H,4-9H2,1-3H3. The Morgan fingerprint density at radius 2 is 2.33 bits per heavy atom. The molecule has 1 saturated heterocycles. The van der Waals surface area contributed by atoms with Gasteiger partial charge in [-0.3, -0.25) is 0 Å². The summed E-state index contributed by atoms with van der Waals surface area (Å²) in [7, 11) is 1.76. The minimum absolute atomic E-state index is 0.467. The summed E-state index contributed by atoms with van der Waals surface area (Å²) in [6.45, 7) is 7.21. The summed E-state index contributed by atoms with van der Waals surface area (Å²) in [5.74, 6) is 0.595. The highest BCUT2D eigenvalue weighted by Crippen LogP contribution is 2.16. The van der Waals surface area contributed by atoms with Crippen molar-refractivity contribution in [2.24, 2.45) is 5.92 Å². The summed E-state index contributed by atoms with van der Waals surface area (Å²) in [6.07, 6.45) is 3.91. The first kappa shape index (κ1) is 12.9. The van der Waals surface area contributed by atoms with E-state index in [0.29, 0.717) is 18.1 Å². The van der Waals surface area contributed by atoms with E-state index in [-0.39, 0.29) is 0 Å². The van der Waals surface area contributed by atoms with Gasteiger partial charge in [0.15, 0.2) is 0 Å². The molecule has 1 heterocycles. The Balaban J connectivity index is 2.14. The zero-order chi connectivity index (χ0) is 11.1. The van der Waals surface area contributed by atoms with Crippen LogP contribution in [0.5, 0.6) is 0 Å². The second-order valence-electron chi connectivity index (χ2n) is 4.59. The van der Waals surface area contributed by atoms with Gasteiger partial charge in [-0.1, -0.05) is 13.8 Å². The topological polar surface area (TPSA) is 30.5 Å². The van der Waals surface area contributed by atoms with Crippen LogP contribution in [0, 0.1) is 5.92 Å². The molecule has 3 atom stereocenters. The van der Waals surface area contributed by atoms with Gasteiger partial charge in [-0.25, -0.2) is 0 Å². The van der Waals surface area contributed by atoms with Gasteiger partial charge in [-0.05, 0) is 25.2 Å². The van der Waals surface area contributed by atoms with Gasteiger partial charge in [-0.2, -0.15) is 0 Å². The lowest BCUT2D eigenvalue weighted by Crippen LogP contribution is -2.41. The molecule has 3 unspecified atom stereocenters. The van der Waals surface area contributed by atoms with Crippen molar-refractivity contribution in [2.75, 3.05) is 26.9 Å². The Morgan fingerprint density at radius 3 is 3.00 bits per heavy atom. The average molecular weight is 215 g/mol. The SMILES string of the molecule is CCC1CC(NCC(C)COC)CCO1. The van der Waals surface area contributed by atoms with E-state index >= 15 is 0 Å². The minimum Gasteiger partial charge on any atom is -0.384 e. The van der Waals surface area contributed by atoms with E-state index in [2.05, 4.69) is 19.2 Å². The molecule has 0 radical (unpaired) electrons. The lowest BCUT2D eigenvalue weighted by atomic mass is 10.0. The Morgan fingerprint density at radius 1 is 1.53 bits per heavy atom. The Labute approximate surface area is 93.5 Å². The van der Waals surface area contributed by atoms with Gasteiger partial charge in [0.1, 0.15) is 0 Å². The molecule has 0 bridgehead atoms. The quantitative estimate of drug-likeness (QED) is 0.733. The average Bonchev–Trinajstić information content (AvgIpc) is 2.27. The number of ether oxygens (including phenoxy) is 2. The van der Waals surface area contributed by atoms with Crippen LogP contribution >= 0.6 is 0 Å². The largest absolute Gasteiger partial charge is 0.384 e. The van der Waals surface area contributed by atoms with Crippen LogP contribution in [0.15, 0.2) is 0 Å². The summed E-state index contributed by atoms with van der Waals surface area (Å²) >= 11 is 0. The molecule has 1 fully saturated rings. The van der Waals surface area contributed by atoms with Crippen LogP contribution in [0.2, 0.25) is 0 Å². The van der Waals surface area contributed by atoms with Crippen molar-refractivity contribution in [1.82, 2.24) is 5.32 Å². The highest BCUT2D eigenvalue weighted by Gasteiger charge is 2.20. The molecular formula is C12H25NO2. The van der Waals surface area contributed by atoms with Crippen molar-refractivity contribution in [3.05, 3.63) is 0 Å². The zero-order valence-electron chi connectivity index (χ0n) is 10.3. The first-order valence-corrected chi connectivity index (χ1v) is 6.10. The summed E-state index contributed by atoms with van der Waals surface area (Å²) in [4.78, 5) is 0. The number of nitrogens with one attached hydrogen (secondary N) is 1. The van der Waals surface area contributed by atoms with E-state index in [1.54, 1.807) is 7.11 Å². The van der Waals surface area contributed by atoms with Crippen LogP contribution in [-0.4, -0.2) is 39.0 Å². The molecule has 3 nitrogen and oxygen atoms in total. The van der Waals surface area contributed by atoms with Gasteiger partial charge in [0.2, 0.25) is 0 Å². The Kier molecular flexibility index (Phi) is 6.22. The van der Waals surface area contributed by atoms with Crippen LogP contribution in [-0.2, 0) is 9.47 Å². The Bertz CT molecular complexity index is 164. The van der Waals surface area contributed by atoms with E-state index in [1.165, 1.54) is 0 Å². The fourth-order valence-electron chi connectivity index (χ4n) is 2.06. The molecule has 0 aromatic heterocycles. The highest BCUT2D eigenvalue weighted by atomic mass is 16.5. The predicted octanol–water partition coefficient (Wildman–Crippen LogP) is 1.82. The first-order chi connectivity index (χ1) is 7.26. The number of rotatable bonds is 6. The molecular weight excluding hydrogens is 190 g/mol. The molecule has 0 aliphatic carbocycles. The third-order valence-corrected chi connectivity index (χ3v) is 3.03. The molecule has 0 spiro atoms. The summed E-state index contributed by atoms with van der Waals surface area (Å²) in [6, 6.07) is 0.642. The van der Waals surface area contributed by atoms with Crippen LogP contribution in [0.1, 0.15) is 33.1 Å². The lowest BCUT2D eigenvalue weighted by molar-refractivity contribution is -0.00102. The molecule has 1 aliphatic rings. The molecule has 0 aromatic rings. The fraction of sp³-hybridized carbons (Fsp3) is 1.00. The monoisotopic (exact) mass is 215 g/mol. The molecule has 1 N–H and O–H groups in total. The number of hydrogen-bond donors (Lipinski definition) is 1.